The fraction of sp³-hybridized carbons (Fsp3) is 0.909. The largest absolute Gasteiger partial charge is 0.395 e. The average Bonchev–Trinajstić information content (AvgIpc) is 2.72. The molecule has 1 saturated heterocycles. The van der Waals surface area contributed by atoms with Crippen molar-refractivity contribution < 1.29 is 14.6 Å². The SMILES string of the molecule is CCCCN(CCO)C(=O)C1(N)CCOC1. The molecule has 0 aromatic rings. The molecule has 1 fully saturated rings. The highest BCUT2D eigenvalue weighted by Gasteiger charge is 2.40. The molecule has 0 aromatic carbocycles. The van der Waals surface area contributed by atoms with Crippen LogP contribution in [0.4, 0.5) is 0 Å². The van der Waals surface area contributed by atoms with Crippen molar-refractivity contribution in [3.63, 3.8) is 0 Å². The average molecular weight is 230 g/mol. The molecular weight excluding hydrogens is 208 g/mol. The summed E-state index contributed by atoms with van der Waals surface area (Å²) in [6, 6.07) is 0. The molecular formula is C11H22N2O3. The van der Waals surface area contributed by atoms with Crippen LogP contribution in [0.5, 0.6) is 0 Å². The summed E-state index contributed by atoms with van der Waals surface area (Å²) in [6.07, 6.45) is 2.52. The molecule has 0 saturated carbocycles. The van der Waals surface area contributed by atoms with Gasteiger partial charge in [0, 0.05) is 19.7 Å². The summed E-state index contributed by atoms with van der Waals surface area (Å²) in [6.45, 7) is 3.90. The van der Waals surface area contributed by atoms with Crippen molar-refractivity contribution in [3.05, 3.63) is 0 Å². The molecule has 5 heteroatoms. The van der Waals surface area contributed by atoms with Gasteiger partial charge in [-0.05, 0) is 12.8 Å². The molecule has 1 aliphatic rings. The molecule has 3 N–H and O–H groups in total. The minimum atomic E-state index is -0.872. The third-order valence-corrected chi connectivity index (χ3v) is 2.92. The Morgan fingerprint density at radius 2 is 2.31 bits per heavy atom. The summed E-state index contributed by atoms with van der Waals surface area (Å²) < 4.78 is 5.18. The Morgan fingerprint density at radius 3 is 2.81 bits per heavy atom. The van der Waals surface area contributed by atoms with Crippen LogP contribution in [0.25, 0.3) is 0 Å². The van der Waals surface area contributed by atoms with E-state index in [9.17, 15) is 4.79 Å². The van der Waals surface area contributed by atoms with Gasteiger partial charge in [-0.15, -0.1) is 0 Å². The van der Waals surface area contributed by atoms with E-state index >= 15 is 0 Å². The Labute approximate surface area is 96.6 Å². The van der Waals surface area contributed by atoms with Gasteiger partial charge < -0.3 is 20.5 Å². The Bertz CT molecular complexity index is 227. The molecule has 1 atom stereocenters. The highest BCUT2D eigenvalue weighted by atomic mass is 16.5. The zero-order valence-corrected chi connectivity index (χ0v) is 9.95. The van der Waals surface area contributed by atoms with E-state index in [-0.39, 0.29) is 12.5 Å². The normalized spacial score (nSPS) is 24.7. The lowest BCUT2D eigenvalue weighted by atomic mass is 9.98. The maximum atomic E-state index is 12.2. The number of aliphatic hydroxyl groups is 1. The van der Waals surface area contributed by atoms with Crippen LogP contribution >= 0.6 is 0 Å². The molecule has 0 radical (unpaired) electrons. The second-order valence-electron chi connectivity index (χ2n) is 4.33. The molecule has 0 aliphatic carbocycles. The molecule has 94 valence electrons. The summed E-state index contributed by atoms with van der Waals surface area (Å²) in [5.74, 6) is -0.0903. The number of nitrogens with two attached hydrogens (primary N) is 1. The number of carbonyl (C=O) groups excluding carboxylic acids is 1. The van der Waals surface area contributed by atoms with Crippen LogP contribution < -0.4 is 5.73 Å². The van der Waals surface area contributed by atoms with Gasteiger partial charge in [-0.25, -0.2) is 0 Å². The van der Waals surface area contributed by atoms with E-state index in [2.05, 4.69) is 6.92 Å². The van der Waals surface area contributed by atoms with E-state index in [4.69, 9.17) is 15.6 Å². The number of unbranched alkanes of at least 4 members (excludes halogenated alkanes) is 1. The van der Waals surface area contributed by atoms with E-state index in [0.717, 1.165) is 12.8 Å². The van der Waals surface area contributed by atoms with Gasteiger partial charge in [0.15, 0.2) is 0 Å². The molecule has 0 spiro atoms. The van der Waals surface area contributed by atoms with Crippen molar-refractivity contribution >= 4 is 5.91 Å². The number of ether oxygens (including phenoxy) is 1. The van der Waals surface area contributed by atoms with E-state index in [1.54, 1.807) is 4.90 Å². The zero-order chi connectivity index (χ0) is 12.0. The number of rotatable bonds is 6. The minimum Gasteiger partial charge on any atom is -0.395 e. The number of hydrogen-bond donors (Lipinski definition) is 2. The first-order chi connectivity index (χ1) is 7.64. The number of nitrogens with zero attached hydrogens (tertiary/aromatic N) is 1. The van der Waals surface area contributed by atoms with Gasteiger partial charge in [0.2, 0.25) is 5.91 Å². The Morgan fingerprint density at radius 1 is 1.56 bits per heavy atom. The Hall–Kier alpha value is -0.650. The zero-order valence-electron chi connectivity index (χ0n) is 9.95. The monoisotopic (exact) mass is 230 g/mol. The van der Waals surface area contributed by atoms with Gasteiger partial charge in [0.25, 0.3) is 0 Å². The first-order valence-electron chi connectivity index (χ1n) is 5.91. The second-order valence-corrected chi connectivity index (χ2v) is 4.33. The molecule has 0 aromatic heterocycles. The summed E-state index contributed by atoms with van der Waals surface area (Å²) in [5, 5.41) is 8.95. The highest BCUT2D eigenvalue weighted by molar-refractivity contribution is 5.86. The van der Waals surface area contributed by atoms with Crippen molar-refractivity contribution in [2.75, 3.05) is 32.9 Å². The first kappa shape index (κ1) is 13.4. The maximum absolute atomic E-state index is 12.2. The second kappa shape index (κ2) is 6.18. The van der Waals surface area contributed by atoms with Gasteiger partial charge in [-0.3, -0.25) is 4.79 Å². The van der Waals surface area contributed by atoms with Crippen LogP contribution in [0.1, 0.15) is 26.2 Å². The number of carbonyl (C=O) groups is 1. The smallest absolute Gasteiger partial charge is 0.245 e. The van der Waals surface area contributed by atoms with Crippen molar-refractivity contribution in [2.45, 2.75) is 31.7 Å². The minimum absolute atomic E-state index is 0.0214. The van der Waals surface area contributed by atoms with Crippen LogP contribution in [0.3, 0.4) is 0 Å². The molecule has 1 rings (SSSR count). The molecule has 5 nitrogen and oxygen atoms in total. The topological polar surface area (TPSA) is 75.8 Å². The molecule has 1 heterocycles. The van der Waals surface area contributed by atoms with Crippen molar-refractivity contribution in [1.29, 1.82) is 0 Å². The predicted molar refractivity (Wildman–Crippen MR) is 60.9 cm³/mol. The van der Waals surface area contributed by atoms with E-state index in [0.29, 0.717) is 32.7 Å². The highest BCUT2D eigenvalue weighted by Crippen LogP contribution is 2.18. The summed E-state index contributed by atoms with van der Waals surface area (Å²) in [4.78, 5) is 13.8. The number of amides is 1. The maximum Gasteiger partial charge on any atom is 0.245 e. The third-order valence-electron chi connectivity index (χ3n) is 2.92. The Balaban J connectivity index is 2.58. The summed E-state index contributed by atoms with van der Waals surface area (Å²) in [7, 11) is 0. The van der Waals surface area contributed by atoms with Crippen molar-refractivity contribution in [1.82, 2.24) is 4.90 Å². The van der Waals surface area contributed by atoms with Crippen LogP contribution in [-0.2, 0) is 9.53 Å². The first-order valence-corrected chi connectivity index (χ1v) is 5.91. The fourth-order valence-corrected chi connectivity index (χ4v) is 1.85. The molecule has 0 bridgehead atoms. The summed E-state index contributed by atoms with van der Waals surface area (Å²) >= 11 is 0. The van der Waals surface area contributed by atoms with E-state index < -0.39 is 5.54 Å². The van der Waals surface area contributed by atoms with Crippen molar-refractivity contribution in [2.24, 2.45) is 5.73 Å². The number of hydrogen-bond acceptors (Lipinski definition) is 4. The van der Waals surface area contributed by atoms with Gasteiger partial charge in [0.1, 0.15) is 5.54 Å². The number of aliphatic hydroxyl groups excluding tert-OH is 1. The molecule has 1 unspecified atom stereocenters. The molecule has 1 aliphatic heterocycles. The lowest BCUT2D eigenvalue weighted by Gasteiger charge is -2.30. The van der Waals surface area contributed by atoms with Gasteiger partial charge >= 0.3 is 0 Å². The third kappa shape index (κ3) is 3.17. The Kier molecular flexibility index (Phi) is 5.18. The van der Waals surface area contributed by atoms with Crippen LogP contribution in [0.15, 0.2) is 0 Å². The molecule has 16 heavy (non-hydrogen) atoms. The molecule has 1 amide bonds. The van der Waals surface area contributed by atoms with Crippen LogP contribution in [0, 0.1) is 0 Å². The lowest BCUT2D eigenvalue weighted by molar-refractivity contribution is -0.137. The quantitative estimate of drug-likeness (QED) is 0.658. The summed E-state index contributed by atoms with van der Waals surface area (Å²) in [5.41, 5.74) is 5.14. The van der Waals surface area contributed by atoms with E-state index in [1.165, 1.54) is 0 Å². The predicted octanol–water partition coefficient (Wildman–Crippen LogP) is -0.275. The van der Waals surface area contributed by atoms with Gasteiger partial charge in [-0.2, -0.15) is 0 Å². The van der Waals surface area contributed by atoms with Crippen LogP contribution in [-0.4, -0.2) is 54.4 Å². The standard InChI is InChI=1S/C11H22N2O3/c1-2-3-5-13(6-7-14)10(15)11(12)4-8-16-9-11/h14H,2-9,12H2,1H3. The van der Waals surface area contributed by atoms with E-state index in [1.807, 2.05) is 0 Å². The van der Waals surface area contributed by atoms with Crippen LogP contribution in [0.2, 0.25) is 0 Å². The van der Waals surface area contributed by atoms with Gasteiger partial charge in [0.05, 0.1) is 13.2 Å². The van der Waals surface area contributed by atoms with Crippen molar-refractivity contribution in [3.8, 4) is 0 Å². The fourth-order valence-electron chi connectivity index (χ4n) is 1.85. The van der Waals surface area contributed by atoms with Gasteiger partial charge in [-0.1, -0.05) is 13.3 Å². The lowest BCUT2D eigenvalue weighted by Crippen LogP contribution is -2.56.